The number of carbonyl (C=O) groups excluding carboxylic acids is 3. The third-order valence-electron chi connectivity index (χ3n) is 4.56. The molecule has 0 aromatic heterocycles. The van der Waals surface area contributed by atoms with E-state index in [0.717, 1.165) is 4.47 Å². The van der Waals surface area contributed by atoms with Crippen LogP contribution >= 0.6 is 15.9 Å². The first-order chi connectivity index (χ1) is 13.8. The summed E-state index contributed by atoms with van der Waals surface area (Å²) in [6.07, 6.45) is 0.216. The zero-order valence-electron chi connectivity index (χ0n) is 16.3. The molecule has 7 nitrogen and oxygen atoms in total. The molecule has 3 rings (SSSR count). The normalized spacial score (nSPS) is 16.1. The Morgan fingerprint density at radius 3 is 2.72 bits per heavy atom. The molecule has 0 fully saturated rings. The fraction of sp³-hybridized carbons (Fsp3) is 0.286. The molecule has 0 spiro atoms. The molecule has 1 aliphatic rings. The Labute approximate surface area is 178 Å². The molecule has 0 radical (unpaired) electrons. The van der Waals surface area contributed by atoms with Crippen molar-refractivity contribution in [3.05, 3.63) is 53.0 Å². The zero-order chi connectivity index (χ0) is 21.0. The van der Waals surface area contributed by atoms with Crippen molar-refractivity contribution in [1.82, 2.24) is 4.90 Å². The van der Waals surface area contributed by atoms with Crippen molar-refractivity contribution < 1.29 is 14.4 Å². The van der Waals surface area contributed by atoms with Gasteiger partial charge in [-0.25, -0.2) is 0 Å². The average Bonchev–Trinajstić information content (AvgIpc) is 2.75. The van der Waals surface area contributed by atoms with Crippen molar-refractivity contribution >= 4 is 50.7 Å². The Morgan fingerprint density at radius 2 is 1.97 bits per heavy atom. The van der Waals surface area contributed by atoms with Crippen molar-refractivity contribution in [2.45, 2.75) is 19.4 Å². The van der Waals surface area contributed by atoms with Crippen molar-refractivity contribution in [1.29, 1.82) is 0 Å². The minimum atomic E-state index is -0.282. The van der Waals surface area contributed by atoms with Gasteiger partial charge >= 0.3 is 0 Å². The van der Waals surface area contributed by atoms with Crippen molar-refractivity contribution in [3.63, 3.8) is 0 Å². The summed E-state index contributed by atoms with van der Waals surface area (Å²) in [4.78, 5) is 40.7. The van der Waals surface area contributed by atoms with Gasteiger partial charge in [0.25, 0.3) is 0 Å². The van der Waals surface area contributed by atoms with Crippen LogP contribution < -0.4 is 15.5 Å². The Hall–Kier alpha value is -2.71. The highest BCUT2D eigenvalue weighted by atomic mass is 79.9. The zero-order valence-corrected chi connectivity index (χ0v) is 17.9. The second kappa shape index (κ2) is 9.19. The van der Waals surface area contributed by atoms with E-state index in [-0.39, 0.29) is 43.3 Å². The molecule has 1 atom stereocenters. The van der Waals surface area contributed by atoms with E-state index in [4.69, 9.17) is 0 Å². The first-order valence-corrected chi connectivity index (χ1v) is 10.1. The predicted molar refractivity (Wildman–Crippen MR) is 117 cm³/mol. The first-order valence-electron chi connectivity index (χ1n) is 9.28. The largest absolute Gasteiger partial charge is 0.325 e. The lowest BCUT2D eigenvalue weighted by Crippen LogP contribution is -2.45. The fourth-order valence-corrected chi connectivity index (χ4v) is 3.74. The molecule has 1 heterocycles. The van der Waals surface area contributed by atoms with Crippen molar-refractivity contribution in [2.75, 3.05) is 35.7 Å². The van der Waals surface area contributed by atoms with Crippen LogP contribution in [0.25, 0.3) is 0 Å². The molecule has 152 valence electrons. The Bertz CT molecular complexity index is 934. The van der Waals surface area contributed by atoms with Gasteiger partial charge in [0.05, 0.1) is 24.5 Å². The lowest BCUT2D eigenvalue weighted by atomic mass is 10.1. The van der Waals surface area contributed by atoms with Gasteiger partial charge in [0.2, 0.25) is 17.7 Å². The van der Waals surface area contributed by atoms with Crippen LogP contribution in [-0.4, -0.2) is 48.8 Å². The third-order valence-corrected chi connectivity index (χ3v) is 5.05. The van der Waals surface area contributed by atoms with Crippen LogP contribution in [-0.2, 0) is 14.4 Å². The van der Waals surface area contributed by atoms with Crippen LogP contribution in [0.15, 0.2) is 53.0 Å². The van der Waals surface area contributed by atoms with Gasteiger partial charge in [-0.15, -0.1) is 0 Å². The number of likely N-dealkylation sites (N-methyl/N-ethyl adjacent to an activating group) is 1. The van der Waals surface area contributed by atoms with Crippen LogP contribution in [0, 0.1) is 0 Å². The minimum Gasteiger partial charge on any atom is -0.325 e. The van der Waals surface area contributed by atoms with Gasteiger partial charge in [0.1, 0.15) is 0 Å². The molecule has 0 saturated heterocycles. The molecule has 1 aliphatic heterocycles. The highest BCUT2D eigenvalue weighted by Gasteiger charge is 2.30. The van der Waals surface area contributed by atoms with Gasteiger partial charge in [0.15, 0.2) is 0 Å². The topological polar surface area (TPSA) is 81.8 Å². The molecular formula is C21H23BrN4O3. The van der Waals surface area contributed by atoms with Crippen LogP contribution in [0.5, 0.6) is 0 Å². The smallest absolute Gasteiger partial charge is 0.241 e. The number of para-hydroxylation sites is 2. The van der Waals surface area contributed by atoms with Gasteiger partial charge in [-0.3, -0.25) is 19.3 Å². The number of hydrogen-bond donors (Lipinski definition) is 2. The molecule has 8 heteroatoms. The summed E-state index contributed by atoms with van der Waals surface area (Å²) in [5.74, 6) is -0.499. The number of anilines is 3. The summed E-state index contributed by atoms with van der Waals surface area (Å²) in [7, 11) is 1.72. The van der Waals surface area contributed by atoms with Crippen molar-refractivity contribution in [3.8, 4) is 0 Å². The number of halogens is 1. The lowest BCUT2D eigenvalue weighted by Gasteiger charge is -2.29. The van der Waals surface area contributed by atoms with E-state index in [2.05, 4.69) is 26.6 Å². The predicted octanol–water partition coefficient (Wildman–Crippen LogP) is 3.08. The number of nitrogens with one attached hydrogen (secondary N) is 2. The molecule has 3 amide bonds. The van der Waals surface area contributed by atoms with Gasteiger partial charge in [0, 0.05) is 22.6 Å². The van der Waals surface area contributed by atoms with Gasteiger partial charge in [-0.05, 0) is 44.3 Å². The second-order valence-electron chi connectivity index (χ2n) is 7.11. The highest BCUT2D eigenvalue weighted by molar-refractivity contribution is 9.10. The monoisotopic (exact) mass is 458 g/mol. The Balaban J connectivity index is 1.65. The van der Waals surface area contributed by atoms with E-state index in [1.165, 1.54) is 0 Å². The fourth-order valence-electron chi connectivity index (χ4n) is 3.34. The maximum Gasteiger partial charge on any atom is 0.241 e. The minimum absolute atomic E-state index is 0.0543. The molecule has 2 aromatic rings. The Kier molecular flexibility index (Phi) is 6.66. The van der Waals surface area contributed by atoms with E-state index in [1.807, 2.05) is 43.3 Å². The quantitative estimate of drug-likeness (QED) is 0.720. The number of hydrogen-bond acceptors (Lipinski definition) is 4. The summed E-state index contributed by atoms with van der Waals surface area (Å²) in [6.45, 7) is 1.97. The molecule has 0 unspecified atom stereocenters. The summed E-state index contributed by atoms with van der Waals surface area (Å²) in [6, 6.07) is 14.3. The standard InChI is InChI=1S/C21H23BrN4O3/c1-14-10-19(27)24-17-8-3-4-9-18(17)26(14)21(29)13-25(2)12-20(28)23-16-7-5-6-15(22)11-16/h3-9,11,14H,10,12-13H2,1-2H3,(H,23,28)(H,24,27)/t14-/m1/s1. The maximum atomic E-state index is 13.0. The molecule has 0 bridgehead atoms. The average molecular weight is 459 g/mol. The number of carbonyl (C=O) groups is 3. The van der Waals surface area contributed by atoms with Crippen molar-refractivity contribution in [2.24, 2.45) is 0 Å². The first kappa shape index (κ1) is 21.0. The van der Waals surface area contributed by atoms with Gasteiger partial charge < -0.3 is 15.5 Å². The molecular weight excluding hydrogens is 436 g/mol. The SMILES string of the molecule is C[C@@H]1CC(=O)Nc2ccccc2N1C(=O)CN(C)CC(=O)Nc1cccc(Br)c1. The molecule has 29 heavy (non-hydrogen) atoms. The van der Waals surface area contributed by atoms with Crippen LogP contribution in [0.4, 0.5) is 17.1 Å². The van der Waals surface area contributed by atoms with E-state index in [1.54, 1.807) is 29.0 Å². The Morgan fingerprint density at radius 1 is 1.21 bits per heavy atom. The summed E-state index contributed by atoms with van der Waals surface area (Å²) >= 11 is 3.37. The van der Waals surface area contributed by atoms with Crippen LogP contribution in [0.1, 0.15) is 13.3 Å². The number of nitrogens with zero attached hydrogens (tertiary/aromatic N) is 2. The number of amides is 3. The van der Waals surface area contributed by atoms with Crippen LogP contribution in [0.2, 0.25) is 0 Å². The second-order valence-corrected chi connectivity index (χ2v) is 8.03. The number of benzene rings is 2. The number of rotatable bonds is 5. The summed E-state index contributed by atoms with van der Waals surface area (Å²) in [5, 5.41) is 5.66. The van der Waals surface area contributed by atoms with E-state index in [9.17, 15) is 14.4 Å². The highest BCUT2D eigenvalue weighted by Crippen LogP contribution is 2.31. The third kappa shape index (κ3) is 5.42. The van der Waals surface area contributed by atoms with E-state index >= 15 is 0 Å². The van der Waals surface area contributed by atoms with Gasteiger partial charge in [-0.2, -0.15) is 0 Å². The molecule has 0 saturated carbocycles. The van der Waals surface area contributed by atoms with E-state index in [0.29, 0.717) is 17.1 Å². The summed E-state index contributed by atoms with van der Waals surface area (Å²) in [5.41, 5.74) is 1.97. The molecule has 2 aromatic carbocycles. The summed E-state index contributed by atoms with van der Waals surface area (Å²) < 4.78 is 0.871. The van der Waals surface area contributed by atoms with Crippen LogP contribution in [0.3, 0.4) is 0 Å². The molecule has 0 aliphatic carbocycles. The number of fused-ring (bicyclic) bond motifs is 1. The van der Waals surface area contributed by atoms with E-state index < -0.39 is 0 Å². The molecule has 2 N–H and O–H groups in total. The van der Waals surface area contributed by atoms with Gasteiger partial charge in [-0.1, -0.05) is 34.1 Å². The lowest BCUT2D eigenvalue weighted by molar-refractivity contribution is -0.121. The maximum absolute atomic E-state index is 13.0.